The van der Waals surface area contributed by atoms with Crippen LogP contribution in [0.3, 0.4) is 0 Å². The Labute approximate surface area is 112 Å². The van der Waals surface area contributed by atoms with E-state index in [0.29, 0.717) is 0 Å². The molecule has 0 heterocycles. The first-order valence-electron chi connectivity index (χ1n) is 6.59. The van der Waals surface area contributed by atoms with Gasteiger partial charge in [-0.15, -0.1) is 6.58 Å². The summed E-state index contributed by atoms with van der Waals surface area (Å²) in [5, 5.41) is 9.24. The summed E-state index contributed by atoms with van der Waals surface area (Å²) in [5.74, 6) is 5.89. The maximum absolute atomic E-state index is 9.24. The van der Waals surface area contributed by atoms with Gasteiger partial charge in [-0.1, -0.05) is 55.6 Å². The van der Waals surface area contributed by atoms with E-state index >= 15 is 0 Å². The molecule has 0 aromatic rings. The SMILES string of the molecule is C=C[C@H](O)CCC/C=C/C=C/C#C/C=C/CCC. The lowest BCUT2D eigenvalue weighted by Gasteiger charge is -2.01. The van der Waals surface area contributed by atoms with Crippen molar-refractivity contribution in [2.24, 2.45) is 0 Å². The van der Waals surface area contributed by atoms with Crippen molar-refractivity contribution in [3.8, 4) is 11.8 Å². The zero-order valence-corrected chi connectivity index (χ0v) is 11.3. The highest BCUT2D eigenvalue weighted by molar-refractivity contribution is 5.25. The molecule has 0 aromatic carbocycles. The monoisotopic (exact) mass is 244 g/mol. The van der Waals surface area contributed by atoms with Gasteiger partial charge in [-0.05, 0) is 37.8 Å². The van der Waals surface area contributed by atoms with Gasteiger partial charge in [0.15, 0.2) is 0 Å². The summed E-state index contributed by atoms with van der Waals surface area (Å²) in [5.41, 5.74) is 0. The molecule has 0 aliphatic heterocycles. The fourth-order valence-electron chi connectivity index (χ4n) is 1.25. The molecule has 0 aromatic heterocycles. The number of hydrogen-bond acceptors (Lipinski definition) is 1. The first kappa shape index (κ1) is 16.5. The van der Waals surface area contributed by atoms with Crippen LogP contribution < -0.4 is 0 Å². The third-order valence-electron chi connectivity index (χ3n) is 2.31. The van der Waals surface area contributed by atoms with Crippen molar-refractivity contribution in [3.63, 3.8) is 0 Å². The van der Waals surface area contributed by atoms with Gasteiger partial charge in [-0.25, -0.2) is 0 Å². The van der Waals surface area contributed by atoms with E-state index in [4.69, 9.17) is 0 Å². The van der Waals surface area contributed by atoms with Crippen LogP contribution in [0.15, 0.2) is 49.1 Å². The maximum atomic E-state index is 9.24. The standard InChI is InChI=1S/C17H24O/c1-3-5-6-7-8-9-10-11-12-13-14-15-16-17(18)4-2/h4,6-7,10-13,17-18H,2-3,5,14-16H2,1H3/b7-6+,11-10+,13-12+/t17-/m0/s1. The second kappa shape index (κ2) is 13.5. The van der Waals surface area contributed by atoms with E-state index in [0.717, 1.165) is 32.1 Å². The zero-order valence-electron chi connectivity index (χ0n) is 11.3. The quantitative estimate of drug-likeness (QED) is 0.294. The number of unbranched alkanes of at least 4 members (excludes halogenated alkanes) is 2. The van der Waals surface area contributed by atoms with Crippen molar-refractivity contribution in [2.45, 2.75) is 45.1 Å². The molecule has 0 amide bonds. The third kappa shape index (κ3) is 12.5. The molecule has 0 fully saturated rings. The Morgan fingerprint density at radius 1 is 1.11 bits per heavy atom. The van der Waals surface area contributed by atoms with Crippen LogP contribution in [0.4, 0.5) is 0 Å². The molecule has 98 valence electrons. The summed E-state index contributed by atoms with van der Waals surface area (Å²) in [6.45, 7) is 5.69. The van der Waals surface area contributed by atoms with Crippen molar-refractivity contribution in [1.29, 1.82) is 0 Å². The number of hydrogen-bond donors (Lipinski definition) is 1. The number of allylic oxidation sites excluding steroid dienone is 6. The fraction of sp³-hybridized carbons (Fsp3) is 0.412. The molecule has 0 radical (unpaired) electrons. The summed E-state index contributed by atoms with van der Waals surface area (Å²) in [6.07, 6.45) is 18.0. The van der Waals surface area contributed by atoms with Gasteiger partial charge in [0.2, 0.25) is 0 Å². The van der Waals surface area contributed by atoms with E-state index in [-0.39, 0.29) is 6.10 Å². The molecule has 0 saturated heterocycles. The topological polar surface area (TPSA) is 20.2 Å². The van der Waals surface area contributed by atoms with E-state index in [2.05, 4.69) is 37.5 Å². The van der Waals surface area contributed by atoms with Crippen LogP contribution in [0.25, 0.3) is 0 Å². The van der Waals surface area contributed by atoms with Crippen LogP contribution in [0.5, 0.6) is 0 Å². The summed E-state index contributed by atoms with van der Waals surface area (Å²) in [4.78, 5) is 0. The summed E-state index contributed by atoms with van der Waals surface area (Å²) in [6, 6.07) is 0. The van der Waals surface area contributed by atoms with Crippen LogP contribution in [-0.2, 0) is 0 Å². The Balaban J connectivity index is 3.59. The molecule has 1 nitrogen and oxygen atoms in total. The molecule has 1 heteroatoms. The third-order valence-corrected chi connectivity index (χ3v) is 2.31. The Morgan fingerprint density at radius 3 is 2.61 bits per heavy atom. The number of aliphatic hydroxyl groups is 1. The highest BCUT2D eigenvalue weighted by atomic mass is 16.3. The van der Waals surface area contributed by atoms with E-state index in [9.17, 15) is 5.11 Å². The second-order valence-corrected chi connectivity index (χ2v) is 4.00. The average molecular weight is 244 g/mol. The second-order valence-electron chi connectivity index (χ2n) is 4.00. The summed E-state index contributed by atoms with van der Waals surface area (Å²) >= 11 is 0. The largest absolute Gasteiger partial charge is 0.389 e. The molecule has 0 unspecified atom stereocenters. The highest BCUT2D eigenvalue weighted by Crippen LogP contribution is 2.02. The van der Waals surface area contributed by atoms with E-state index in [1.54, 1.807) is 6.08 Å². The smallest absolute Gasteiger partial charge is 0.0718 e. The Hall–Kier alpha value is -1.52. The lowest BCUT2D eigenvalue weighted by Crippen LogP contribution is -1.99. The molecule has 0 saturated carbocycles. The minimum atomic E-state index is -0.366. The molecular formula is C17H24O. The van der Waals surface area contributed by atoms with Gasteiger partial charge >= 0.3 is 0 Å². The lowest BCUT2D eigenvalue weighted by atomic mass is 10.1. The Kier molecular flexibility index (Phi) is 12.4. The molecule has 0 spiro atoms. The van der Waals surface area contributed by atoms with Gasteiger partial charge in [0.05, 0.1) is 6.10 Å². The van der Waals surface area contributed by atoms with Gasteiger partial charge in [-0.3, -0.25) is 0 Å². The summed E-state index contributed by atoms with van der Waals surface area (Å²) in [7, 11) is 0. The van der Waals surface area contributed by atoms with Crippen LogP contribution in [-0.4, -0.2) is 11.2 Å². The van der Waals surface area contributed by atoms with E-state index in [1.807, 2.05) is 24.3 Å². The van der Waals surface area contributed by atoms with Crippen LogP contribution in [0.2, 0.25) is 0 Å². The number of rotatable bonds is 8. The van der Waals surface area contributed by atoms with Crippen molar-refractivity contribution in [1.82, 2.24) is 0 Å². The molecule has 0 rings (SSSR count). The van der Waals surface area contributed by atoms with E-state index < -0.39 is 0 Å². The molecular weight excluding hydrogens is 220 g/mol. The van der Waals surface area contributed by atoms with Crippen molar-refractivity contribution in [3.05, 3.63) is 49.1 Å². The fourth-order valence-corrected chi connectivity index (χ4v) is 1.25. The van der Waals surface area contributed by atoms with Gasteiger partial charge < -0.3 is 5.11 Å². The van der Waals surface area contributed by atoms with Crippen LogP contribution in [0.1, 0.15) is 39.0 Å². The minimum absolute atomic E-state index is 0.366. The lowest BCUT2D eigenvalue weighted by molar-refractivity contribution is 0.210. The molecule has 1 N–H and O–H groups in total. The van der Waals surface area contributed by atoms with Gasteiger partial charge in [-0.2, -0.15) is 0 Å². The normalized spacial score (nSPS) is 13.0. The van der Waals surface area contributed by atoms with Crippen LogP contribution in [0, 0.1) is 11.8 Å². The molecule has 0 aliphatic carbocycles. The first-order chi connectivity index (χ1) is 8.81. The zero-order chi connectivity index (χ0) is 13.5. The van der Waals surface area contributed by atoms with Crippen molar-refractivity contribution < 1.29 is 5.11 Å². The van der Waals surface area contributed by atoms with Crippen molar-refractivity contribution >= 4 is 0 Å². The van der Waals surface area contributed by atoms with Gasteiger partial charge in [0, 0.05) is 0 Å². The average Bonchev–Trinajstić information content (AvgIpc) is 2.39. The summed E-state index contributed by atoms with van der Waals surface area (Å²) < 4.78 is 0. The van der Waals surface area contributed by atoms with Crippen molar-refractivity contribution in [2.75, 3.05) is 0 Å². The molecule has 0 bridgehead atoms. The Bertz CT molecular complexity index is 336. The predicted molar refractivity (Wildman–Crippen MR) is 80.2 cm³/mol. The predicted octanol–water partition coefficient (Wildman–Crippen LogP) is 4.18. The molecule has 0 aliphatic rings. The molecule has 1 atom stereocenters. The van der Waals surface area contributed by atoms with E-state index in [1.165, 1.54) is 0 Å². The van der Waals surface area contributed by atoms with Gasteiger partial charge in [0.25, 0.3) is 0 Å². The van der Waals surface area contributed by atoms with Gasteiger partial charge in [0.1, 0.15) is 0 Å². The number of aliphatic hydroxyl groups excluding tert-OH is 1. The molecule has 18 heavy (non-hydrogen) atoms. The van der Waals surface area contributed by atoms with Crippen LogP contribution >= 0.6 is 0 Å². The Morgan fingerprint density at radius 2 is 1.89 bits per heavy atom. The minimum Gasteiger partial charge on any atom is -0.389 e. The highest BCUT2D eigenvalue weighted by Gasteiger charge is 1.94. The maximum Gasteiger partial charge on any atom is 0.0718 e. The first-order valence-corrected chi connectivity index (χ1v) is 6.59.